The van der Waals surface area contributed by atoms with Gasteiger partial charge in [0.15, 0.2) is 17.9 Å². The van der Waals surface area contributed by atoms with Gasteiger partial charge in [-0.15, -0.1) is 0 Å². The fourth-order valence-corrected chi connectivity index (χ4v) is 12.7. The summed E-state index contributed by atoms with van der Waals surface area (Å²) in [5, 5.41) is 82.3. The van der Waals surface area contributed by atoms with E-state index < -0.39 is 269 Å². The second-order valence-electron chi connectivity index (χ2n) is 33.9. The minimum Gasteiger partial charge on any atom is -0.370 e. The lowest BCUT2D eigenvalue weighted by Crippen LogP contribution is -2.59. The van der Waals surface area contributed by atoms with Crippen LogP contribution in [0.3, 0.4) is 0 Å². The number of imidazole rings is 1. The molecule has 0 aliphatic heterocycles. The number of carbonyl (C=O) groups excluding carboxylic acids is 22. The van der Waals surface area contributed by atoms with Gasteiger partial charge < -0.3 is 161 Å². The van der Waals surface area contributed by atoms with Crippen LogP contribution in [0.15, 0.2) is 43.0 Å². The first-order chi connectivity index (χ1) is 65.9. The Kier molecular flexibility index (Phi) is 49.6. The molecule has 0 bridgehead atoms. The van der Waals surface area contributed by atoms with Crippen LogP contribution in [0.25, 0.3) is 10.9 Å². The number of nitrogens with one attached hydrogen (secondary N) is 29. The number of hydrogen-bond donors (Lipinski definition) is 33. The molecule has 780 valence electrons. The molecule has 1 aromatic carbocycles. The number of amides is 22. The van der Waals surface area contributed by atoms with Gasteiger partial charge in [0.05, 0.1) is 12.0 Å². The third kappa shape index (κ3) is 42.7. The largest absolute Gasteiger partial charge is 0.370 e. The maximum absolute atomic E-state index is 13.9. The third-order valence-electron chi connectivity index (χ3n) is 21.3. The summed E-state index contributed by atoms with van der Waals surface area (Å²) in [5.41, 5.74) is 23.2. The number of nitrogens with zero attached hydrogens (tertiary/aromatic N) is 1. The van der Waals surface area contributed by atoms with Crippen LogP contribution >= 0.6 is 0 Å². The van der Waals surface area contributed by atoms with Crippen LogP contribution in [0, 0.1) is 16.2 Å². The van der Waals surface area contributed by atoms with E-state index in [1.165, 1.54) is 130 Å². The topological polar surface area (TPSA) is 884 Å². The third-order valence-corrected chi connectivity index (χ3v) is 21.3. The van der Waals surface area contributed by atoms with E-state index in [0.717, 1.165) is 16.5 Å². The van der Waals surface area contributed by atoms with Gasteiger partial charge in [0.1, 0.15) is 127 Å². The molecule has 22 amide bonds. The van der Waals surface area contributed by atoms with Crippen molar-refractivity contribution in [3.05, 3.63) is 54.2 Å². The predicted octanol–water partition coefficient (Wildman–Crippen LogP) is -11.5. The normalized spacial score (nSPS) is 15.4. The zero-order valence-electron chi connectivity index (χ0n) is 81.7. The molecule has 0 saturated carbocycles. The van der Waals surface area contributed by atoms with Gasteiger partial charge in [0, 0.05) is 62.7 Å². The summed E-state index contributed by atoms with van der Waals surface area (Å²) >= 11 is 0. The first kappa shape index (κ1) is 119. The molecule has 0 saturated heterocycles. The number of benzene rings is 1. The van der Waals surface area contributed by atoms with Crippen molar-refractivity contribution in [2.24, 2.45) is 22.9 Å². The molecule has 0 aliphatic rings. The van der Waals surface area contributed by atoms with Crippen LogP contribution in [-0.2, 0) is 118 Å². The molecule has 0 radical (unpaired) electrons. The number of para-hydroxylation sites is 1. The minimum absolute atomic E-state index is 0.0261. The average molecular weight is 1990 g/mol. The molecule has 56 nitrogen and oxygen atoms in total. The maximum Gasteiger partial charge on any atom is 0.243 e. The number of nitrogens with two attached hydrogens (primary N) is 4. The Morgan fingerprint density at radius 3 is 0.738 bits per heavy atom. The molecule has 0 unspecified atom stereocenters. The summed E-state index contributed by atoms with van der Waals surface area (Å²) in [6.07, 6.45) is 4.27. The van der Waals surface area contributed by atoms with E-state index in [9.17, 15) is 105 Å². The Morgan fingerprint density at radius 1 is 0.284 bits per heavy atom. The summed E-state index contributed by atoms with van der Waals surface area (Å²) in [7, 11) is 0. The Balaban J connectivity index is 1.56. The molecule has 2 aromatic heterocycles. The second kappa shape index (κ2) is 58.6. The highest BCUT2D eigenvalue weighted by atomic mass is 16.2. The van der Waals surface area contributed by atoms with Gasteiger partial charge in [-0.2, -0.15) is 0 Å². The first-order valence-electron chi connectivity index (χ1n) is 45.3. The molecule has 21 atom stereocenters. The van der Waals surface area contributed by atoms with Crippen LogP contribution in [0.5, 0.6) is 0 Å². The van der Waals surface area contributed by atoms with Crippen molar-refractivity contribution in [1.29, 1.82) is 16.2 Å². The Labute approximate surface area is 812 Å². The van der Waals surface area contributed by atoms with Crippen LogP contribution in [0.1, 0.15) is 167 Å². The van der Waals surface area contributed by atoms with Crippen LogP contribution in [0.2, 0.25) is 0 Å². The average Bonchev–Trinajstić information content (AvgIpc) is 1.68. The number of rotatable bonds is 58. The molecular weight excluding hydrogens is 1850 g/mol. The minimum atomic E-state index is -1.44. The van der Waals surface area contributed by atoms with Crippen molar-refractivity contribution >= 4 is 159 Å². The lowest BCUT2D eigenvalue weighted by molar-refractivity contribution is -0.135. The number of fused-ring (bicyclic) bond motifs is 1. The summed E-state index contributed by atoms with van der Waals surface area (Å²) in [6, 6.07) is -20.9. The lowest BCUT2D eigenvalue weighted by atomic mass is 10.0. The first-order valence-corrected chi connectivity index (χ1v) is 45.3. The van der Waals surface area contributed by atoms with Crippen molar-refractivity contribution in [1.82, 2.24) is 143 Å². The molecule has 37 N–H and O–H groups in total. The van der Waals surface area contributed by atoms with Gasteiger partial charge in [0.2, 0.25) is 130 Å². The molecule has 0 fully saturated rings. The van der Waals surface area contributed by atoms with E-state index >= 15 is 0 Å². The van der Waals surface area contributed by atoms with Crippen LogP contribution < -0.4 is 151 Å². The lowest BCUT2D eigenvalue weighted by Gasteiger charge is -2.25. The number of primary amides is 1. The van der Waals surface area contributed by atoms with E-state index in [2.05, 4.69) is 143 Å². The van der Waals surface area contributed by atoms with Gasteiger partial charge >= 0.3 is 0 Å². The van der Waals surface area contributed by atoms with Gasteiger partial charge in [-0.1, -0.05) is 18.2 Å². The maximum atomic E-state index is 13.9. The fourth-order valence-electron chi connectivity index (χ4n) is 12.7. The zero-order chi connectivity index (χ0) is 107. The number of guanidine groups is 3. The quantitative estimate of drug-likeness (QED) is 0.0142. The van der Waals surface area contributed by atoms with E-state index in [4.69, 9.17) is 39.2 Å². The summed E-state index contributed by atoms with van der Waals surface area (Å²) in [5.74, 6) is -20.3. The van der Waals surface area contributed by atoms with Gasteiger partial charge in [0.25, 0.3) is 0 Å². The molecule has 3 rings (SSSR count). The molecular formula is C85H138N34O22. The van der Waals surface area contributed by atoms with E-state index in [1.807, 2.05) is 24.3 Å². The fraction of sp³-hybridized carbons (Fsp3) is 0.576. The van der Waals surface area contributed by atoms with E-state index in [-0.39, 0.29) is 82.7 Å². The smallest absolute Gasteiger partial charge is 0.243 e. The highest BCUT2D eigenvalue weighted by Crippen LogP contribution is 2.20. The second-order valence-corrected chi connectivity index (χ2v) is 33.9. The molecule has 0 spiro atoms. The number of hydrogen-bond acceptors (Lipinski definition) is 26. The summed E-state index contributed by atoms with van der Waals surface area (Å²) < 4.78 is 0. The van der Waals surface area contributed by atoms with Gasteiger partial charge in [-0.25, -0.2) is 4.98 Å². The van der Waals surface area contributed by atoms with Gasteiger partial charge in [-0.05, 0) is 161 Å². The highest BCUT2D eigenvalue weighted by Gasteiger charge is 2.37. The molecule has 3 aromatic rings. The van der Waals surface area contributed by atoms with Crippen molar-refractivity contribution < 1.29 is 105 Å². The predicted molar refractivity (Wildman–Crippen MR) is 508 cm³/mol. The standard InChI is InChI=1S/C85H138N34O22/c1-36(62(86)121)99-63(122)43(8)110-78(137)57(25-20-28-94-83(87)88)116-74(133)48(13)106-66(125)39(4)100-64(123)37(2)102-70(129)44(9)111-79(138)58(26-21-29-95-84(89)90)117-75(134)49(14)107-67(126)40(5)101-65(124)38(3)103-71(130)45(10)112-80(139)59(27-22-30-96-85(91)92)118-76(135)50(15)108-68(127)41(6)105-73(132)47(12)114-82(141)61(32-54-34-93-35-98-54)119-77(136)51(16)109-69(128)42(7)104-72(131)46(11)113-81(140)60(115-52(17)120)31-53-33-97-56-24-19-18-23-55(53)56/h18-19,23-24,33-51,57-61,97H,20-22,25-32H2,1-17H3,(H2,86,121)(H,93,98)(H,99,122)(H,100,123)(H,101,124)(H,102,129)(H,103,130)(H,104,131)(H,105,132)(H,106,125)(H,107,126)(H,108,127)(H,109,128)(H,110,137)(H,111,138)(H,112,139)(H,113,140)(H,114,141)(H,115,120)(H,116,133)(H,117,134)(H,118,135)(H,119,136)(H4,87,88,94)(H4,89,90,95)(H4,91,92,96)/t36-,37-,38-,39-,40-,41-,42-,43-,44-,45-,46-,47-,48-,49-,50-,51-,57-,58-,59-,60-,61-/m0/s1. The van der Waals surface area contributed by atoms with E-state index in [1.54, 1.807) is 6.20 Å². The molecule has 2 heterocycles. The van der Waals surface area contributed by atoms with Crippen molar-refractivity contribution in [3.63, 3.8) is 0 Å². The zero-order valence-corrected chi connectivity index (χ0v) is 81.7. The van der Waals surface area contributed by atoms with Crippen molar-refractivity contribution in [2.45, 2.75) is 296 Å². The monoisotopic (exact) mass is 1990 g/mol. The Morgan fingerprint density at radius 2 is 0.504 bits per heavy atom. The van der Waals surface area contributed by atoms with Gasteiger partial charge in [-0.3, -0.25) is 122 Å². The summed E-state index contributed by atoms with van der Waals surface area (Å²) in [4.78, 5) is 303. The van der Waals surface area contributed by atoms with E-state index in [0.29, 0.717) is 0 Å². The molecule has 56 heteroatoms. The number of H-pyrrole nitrogens is 2. The van der Waals surface area contributed by atoms with Crippen LogP contribution in [0.4, 0.5) is 0 Å². The molecule has 0 aliphatic carbocycles. The molecule has 141 heavy (non-hydrogen) atoms. The highest BCUT2D eigenvalue weighted by molar-refractivity contribution is 6.03. The van der Waals surface area contributed by atoms with Crippen molar-refractivity contribution in [3.8, 4) is 0 Å². The van der Waals surface area contributed by atoms with Crippen molar-refractivity contribution in [2.75, 3.05) is 19.6 Å². The number of aromatic amines is 2. The number of carbonyl (C=O) groups is 22. The Bertz CT molecular complexity index is 4970. The van der Waals surface area contributed by atoms with Crippen LogP contribution in [-0.4, -0.2) is 309 Å². The Hall–Kier alpha value is -15.9. The summed E-state index contributed by atoms with van der Waals surface area (Å²) in [6.45, 7) is 21.7. The number of aromatic nitrogens is 3. The SMILES string of the molecule is CC(=O)N[C@@H](Cc1c[nH]c2ccccc12)C(=O)N[C@@H](C)C(=O)N[C@@H](C)C(=O)N[C@@H](C)C(=O)N[C@@H](Cc1c[nH]cn1)C(=O)N[C@@H](C)C(=O)N[C@@H](C)C(=O)N[C@@H](C)C(=O)N[C@@H](CCCNC(=N)N)C(=O)N[C@@H](C)C(=O)N[C@@H](C)C(=O)N[C@@H](C)C(=O)N[C@@H](C)C(=O)N[C@@H](CCCNC(=N)N)C(=O)N[C@@H](C)C(=O)N[C@@H](C)C(=O)N[C@@H](C)C(=O)N[C@@H](C)C(=O)N[C@@H](CCCNC(=N)N)C(=O)N[C@@H](C)C(=O)N[C@@H](C)C(N)=O.